The lowest BCUT2D eigenvalue weighted by atomic mass is 10.2. The molecule has 0 radical (unpaired) electrons. The number of benzene rings is 1. The highest BCUT2D eigenvalue weighted by molar-refractivity contribution is 7.80. The summed E-state index contributed by atoms with van der Waals surface area (Å²) >= 11 is 6.06. The Morgan fingerprint density at radius 3 is 2.90 bits per heavy atom. The van der Waals surface area contributed by atoms with E-state index < -0.39 is 0 Å². The normalized spacial score (nSPS) is 10.3. The van der Waals surface area contributed by atoms with E-state index in [0.717, 1.165) is 28.5 Å². The van der Waals surface area contributed by atoms with Crippen molar-refractivity contribution in [3.05, 3.63) is 40.4 Å². The molecule has 0 atom stereocenters. The topological polar surface area (TPSA) is 72.1 Å². The third kappa shape index (κ3) is 2.83. The minimum Gasteiger partial charge on any atom is -0.389 e. The third-order valence-corrected chi connectivity index (χ3v) is 3.90. The summed E-state index contributed by atoms with van der Waals surface area (Å²) in [6.07, 6.45) is 0.679. The van der Waals surface area contributed by atoms with E-state index in [2.05, 4.69) is 9.59 Å². The van der Waals surface area contributed by atoms with Crippen molar-refractivity contribution in [2.75, 3.05) is 11.9 Å². The van der Waals surface area contributed by atoms with Gasteiger partial charge in [0, 0.05) is 18.3 Å². The van der Waals surface area contributed by atoms with Gasteiger partial charge in [-0.15, -0.1) is 5.10 Å². The summed E-state index contributed by atoms with van der Waals surface area (Å²) in [5.41, 5.74) is 7.79. The van der Waals surface area contributed by atoms with E-state index in [-0.39, 0.29) is 5.91 Å². The number of carbonyl (C=O) groups is 1. The van der Waals surface area contributed by atoms with Gasteiger partial charge in [0.15, 0.2) is 0 Å². The van der Waals surface area contributed by atoms with Crippen LogP contribution in [-0.2, 0) is 6.42 Å². The second-order valence-corrected chi connectivity index (χ2v) is 5.38. The van der Waals surface area contributed by atoms with E-state index in [0.29, 0.717) is 16.3 Å². The van der Waals surface area contributed by atoms with Gasteiger partial charge in [-0.05, 0) is 30.1 Å². The van der Waals surface area contributed by atoms with Crippen LogP contribution in [0.4, 0.5) is 5.69 Å². The van der Waals surface area contributed by atoms with Crippen molar-refractivity contribution in [2.45, 2.75) is 13.3 Å². The average Bonchev–Trinajstić information content (AvgIpc) is 2.94. The van der Waals surface area contributed by atoms with E-state index in [4.69, 9.17) is 18.0 Å². The molecule has 0 fully saturated rings. The molecule has 5 nitrogen and oxygen atoms in total. The van der Waals surface area contributed by atoms with Crippen LogP contribution in [-0.4, -0.2) is 27.5 Å². The molecule has 0 aliphatic heterocycles. The largest absolute Gasteiger partial charge is 0.389 e. The number of hydrogen-bond acceptors (Lipinski definition) is 5. The van der Waals surface area contributed by atoms with Crippen LogP contribution in [0.2, 0.25) is 0 Å². The molecule has 1 aromatic heterocycles. The minimum atomic E-state index is -0.128. The van der Waals surface area contributed by atoms with E-state index >= 15 is 0 Å². The van der Waals surface area contributed by atoms with Crippen molar-refractivity contribution in [1.82, 2.24) is 9.59 Å². The van der Waals surface area contributed by atoms with E-state index in [1.54, 1.807) is 18.0 Å². The minimum absolute atomic E-state index is 0.128. The summed E-state index contributed by atoms with van der Waals surface area (Å²) in [5, 5.41) is 3.96. The first-order chi connectivity index (χ1) is 9.54. The zero-order valence-electron chi connectivity index (χ0n) is 11.2. The lowest BCUT2D eigenvalue weighted by Crippen LogP contribution is -2.26. The fourth-order valence-corrected chi connectivity index (χ4v) is 2.59. The quantitative estimate of drug-likeness (QED) is 0.875. The molecule has 20 heavy (non-hydrogen) atoms. The van der Waals surface area contributed by atoms with Crippen LogP contribution >= 0.6 is 23.8 Å². The molecule has 0 bridgehead atoms. The fourth-order valence-electron chi connectivity index (χ4n) is 1.74. The molecule has 0 aliphatic carbocycles. The lowest BCUT2D eigenvalue weighted by Gasteiger charge is -2.17. The Balaban J connectivity index is 2.31. The highest BCUT2D eigenvalue weighted by Crippen LogP contribution is 2.20. The number of amides is 1. The molecule has 2 aromatic rings. The Morgan fingerprint density at radius 2 is 2.25 bits per heavy atom. The van der Waals surface area contributed by atoms with Gasteiger partial charge in [-0.2, -0.15) is 0 Å². The Bertz CT molecular complexity index is 653. The highest BCUT2D eigenvalue weighted by Gasteiger charge is 2.20. The summed E-state index contributed by atoms with van der Waals surface area (Å²) in [4.78, 5) is 14.9. The summed E-state index contributed by atoms with van der Waals surface area (Å²) in [6.45, 7) is 1.95. The zero-order chi connectivity index (χ0) is 14.7. The monoisotopic (exact) mass is 306 g/mol. The van der Waals surface area contributed by atoms with Gasteiger partial charge in [0.25, 0.3) is 5.91 Å². The van der Waals surface area contributed by atoms with Crippen LogP contribution in [0.1, 0.15) is 27.9 Å². The van der Waals surface area contributed by atoms with Crippen LogP contribution < -0.4 is 10.6 Å². The fraction of sp³-hybridized carbons (Fsp3) is 0.231. The number of aryl methyl sites for hydroxylation is 1. The molecule has 104 valence electrons. The molecule has 2 N–H and O–H groups in total. The summed E-state index contributed by atoms with van der Waals surface area (Å²) in [7, 11) is 1.71. The molecule has 0 unspecified atom stereocenters. The van der Waals surface area contributed by atoms with Crippen LogP contribution in [0.5, 0.6) is 0 Å². The van der Waals surface area contributed by atoms with Gasteiger partial charge < -0.3 is 10.6 Å². The molecule has 0 saturated carbocycles. The number of rotatable bonds is 4. The molecule has 1 heterocycles. The standard InChI is InChI=1S/C13H14N4OS2/c1-3-10-11(20-16-15-10)13(18)17(2)9-6-4-5-8(7-9)12(14)19/h4-7H,3H2,1-2H3,(H2,14,19). The maximum absolute atomic E-state index is 12.5. The predicted octanol–water partition coefficient (Wildman–Crippen LogP) is 2.01. The van der Waals surface area contributed by atoms with Crippen molar-refractivity contribution in [1.29, 1.82) is 0 Å². The van der Waals surface area contributed by atoms with E-state index in [1.165, 1.54) is 0 Å². The van der Waals surface area contributed by atoms with Crippen LogP contribution in [0.3, 0.4) is 0 Å². The van der Waals surface area contributed by atoms with Gasteiger partial charge in [-0.25, -0.2) is 0 Å². The number of aromatic nitrogens is 2. The van der Waals surface area contributed by atoms with Gasteiger partial charge >= 0.3 is 0 Å². The lowest BCUT2D eigenvalue weighted by molar-refractivity contribution is 0.0996. The SMILES string of the molecule is CCc1nnsc1C(=O)N(C)c1cccc(C(N)=S)c1. The number of thiocarbonyl (C=S) groups is 1. The van der Waals surface area contributed by atoms with E-state index in [1.807, 2.05) is 25.1 Å². The number of anilines is 1. The second kappa shape index (κ2) is 6.06. The van der Waals surface area contributed by atoms with Gasteiger partial charge in [0.2, 0.25) is 0 Å². The maximum Gasteiger partial charge on any atom is 0.271 e. The van der Waals surface area contributed by atoms with Gasteiger partial charge in [-0.3, -0.25) is 4.79 Å². The summed E-state index contributed by atoms with van der Waals surface area (Å²) in [5.74, 6) is -0.128. The van der Waals surface area contributed by atoms with Crippen molar-refractivity contribution in [3.63, 3.8) is 0 Å². The van der Waals surface area contributed by atoms with Crippen molar-refractivity contribution >= 4 is 40.3 Å². The Kier molecular flexibility index (Phi) is 4.41. The summed E-state index contributed by atoms with van der Waals surface area (Å²) < 4.78 is 3.84. The van der Waals surface area contributed by atoms with Crippen molar-refractivity contribution in [3.8, 4) is 0 Å². The Hall–Kier alpha value is -1.86. The highest BCUT2D eigenvalue weighted by atomic mass is 32.1. The number of hydrogen-bond donors (Lipinski definition) is 1. The molecular formula is C13H14N4OS2. The second-order valence-electron chi connectivity index (χ2n) is 4.18. The van der Waals surface area contributed by atoms with Crippen LogP contribution in [0, 0.1) is 0 Å². The van der Waals surface area contributed by atoms with Crippen molar-refractivity contribution < 1.29 is 4.79 Å². The molecule has 2 rings (SSSR count). The molecule has 0 aliphatic rings. The Labute approximate surface area is 126 Å². The first-order valence-electron chi connectivity index (χ1n) is 6.03. The van der Waals surface area contributed by atoms with Crippen molar-refractivity contribution in [2.24, 2.45) is 5.73 Å². The van der Waals surface area contributed by atoms with E-state index in [9.17, 15) is 4.79 Å². The first-order valence-corrected chi connectivity index (χ1v) is 7.22. The van der Waals surface area contributed by atoms with Gasteiger partial charge in [0.05, 0.1) is 5.69 Å². The first kappa shape index (κ1) is 14.5. The Morgan fingerprint density at radius 1 is 1.50 bits per heavy atom. The van der Waals surface area contributed by atoms with Crippen LogP contribution in [0.15, 0.2) is 24.3 Å². The molecular weight excluding hydrogens is 292 g/mol. The third-order valence-electron chi connectivity index (χ3n) is 2.91. The molecule has 7 heteroatoms. The van der Waals surface area contributed by atoms with Crippen LogP contribution in [0.25, 0.3) is 0 Å². The zero-order valence-corrected chi connectivity index (χ0v) is 12.8. The molecule has 0 spiro atoms. The van der Waals surface area contributed by atoms with Gasteiger partial charge in [0.1, 0.15) is 9.87 Å². The smallest absolute Gasteiger partial charge is 0.271 e. The molecule has 1 aromatic carbocycles. The maximum atomic E-state index is 12.5. The predicted molar refractivity (Wildman–Crippen MR) is 84.3 cm³/mol. The molecule has 0 saturated heterocycles. The number of nitrogens with zero attached hydrogens (tertiary/aromatic N) is 3. The molecule has 1 amide bonds. The summed E-state index contributed by atoms with van der Waals surface area (Å²) in [6, 6.07) is 7.26. The number of nitrogens with two attached hydrogens (primary N) is 1. The average molecular weight is 306 g/mol. The van der Waals surface area contributed by atoms with Gasteiger partial charge in [-0.1, -0.05) is 35.8 Å². The number of carbonyl (C=O) groups excluding carboxylic acids is 1.